The van der Waals surface area contributed by atoms with Crippen molar-refractivity contribution in [1.29, 1.82) is 0 Å². The summed E-state index contributed by atoms with van der Waals surface area (Å²) >= 11 is 0. The van der Waals surface area contributed by atoms with Crippen molar-refractivity contribution in [3.8, 4) is 0 Å². The number of hydrogen-bond donors (Lipinski definition) is 3. The molecule has 0 unspecified atom stereocenters. The normalized spacial score (nSPS) is 12.4. The number of carbonyl (C=O) groups is 2. The first-order valence-corrected chi connectivity index (χ1v) is 7.64. The number of amides is 2. The lowest BCUT2D eigenvalue weighted by molar-refractivity contribution is -0.154. The van der Waals surface area contributed by atoms with Crippen LogP contribution < -0.4 is 10.9 Å². The maximum absolute atomic E-state index is 12.6. The van der Waals surface area contributed by atoms with Gasteiger partial charge in [0.15, 0.2) is 0 Å². The molecule has 0 spiro atoms. The molecule has 25 heavy (non-hydrogen) atoms. The van der Waals surface area contributed by atoms with E-state index in [-0.39, 0.29) is 13.0 Å². The quantitative estimate of drug-likeness (QED) is 0.254. The van der Waals surface area contributed by atoms with E-state index < -0.39 is 29.6 Å². The van der Waals surface area contributed by atoms with Crippen LogP contribution in [0.1, 0.15) is 38.3 Å². The number of alkyl halides is 3. The molecule has 1 aromatic heterocycles. The number of aromatic nitrogens is 2. The topological polar surface area (TPSA) is 107 Å². The molecule has 11 heteroatoms. The number of halogens is 3. The Morgan fingerprint density at radius 3 is 2.76 bits per heavy atom. The highest BCUT2D eigenvalue weighted by Gasteiger charge is 2.32. The minimum Gasteiger partial charge on any atom is -0.286 e. The molecule has 0 fully saturated rings. The fraction of sp³-hybridized carbons (Fsp3) is 0.571. The molecule has 2 amide bonds. The number of rotatable bonds is 10. The number of nitrogens with zero attached hydrogens (tertiary/aromatic N) is 3. The third kappa shape index (κ3) is 7.33. The Balaban J connectivity index is 2.68. The highest BCUT2D eigenvalue weighted by molar-refractivity contribution is 5.80. The number of hydroxylamine groups is 2. The largest absolute Gasteiger partial charge is 0.433 e. The van der Waals surface area contributed by atoms with E-state index in [0.29, 0.717) is 24.0 Å². The molecule has 8 nitrogen and oxygen atoms in total. The third-order valence-corrected chi connectivity index (χ3v) is 3.30. The number of hydrogen-bond acceptors (Lipinski definition) is 6. The van der Waals surface area contributed by atoms with Gasteiger partial charge in [-0.3, -0.25) is 25.6 Å². The Labute approximate surface area is 142 Å². The van der Waals surface area contributed by atoms with Crippen molar-refractivity contribution in [1.82, 2.24) is 20.5 Å². The molecule has 1 rings (SSSR count). The molecular weight excluding hydrogens is 343 g/mol. The van der Waals surface area contributed by atoms with Crippen LogP contribution in [-0.4, -0.2) is 39.1 Å². The summed E-state index contributed by atoms with van der Waals surface area (Å²) < 4.78 is 37.7. The van der Waals surface area contributed by atoms with Crippen molar-refractivity contribution in [3.05, 3.63) is 18.0 Å². The van der Waals surface area contributed by atoms with Crippen LogP contribution in [0.25, 0.3) is 0 Å². The smallest absolute Gasteiger partial charge is 0.286 e. The first-order chi connectivity index (χ1) is 11.8. The fourth-order valence-corrected chi connectivity index (χ4v) is 2.01. The average Bonchev–Trinajstić information content (AvgIpc) is 2.58. The van der Waals surface area contributed by atoms with Crippen molar-refractivity contribution in [3.63, 3.8) is 0 Å². The molecule has 0 saturated heterocycles. The summed E-state index contributed by atoms with van der Waals surface area (Å²) in [7, 11) is 0. The van der Waals surface area contributed by atoms with Crippen LogP contribution in [0.5, 0.6) is 0 Å². The van der Waals surface area contributed by atoms with Gasteiger partial charge >= 0.3 is 6.18 Å². The summed E-state index contributed by atoms with van der Waals surface area (Å²) in [5.41, 5.74) is 3.26. The summed E-state index contributed by atoms with van der Waals surface area (Å²) in [4.78, 5) is 29.5. The van der Waals surface area contributed by atoms with Crippen LogP contribution in [0.3, 0.4) is 0 Å². The molecule has 0 aromatic carbocycles. The SMILES string of the molecule is CCCCC[C@@H](CN(O)C=O)C(=O)NNc1nccc(C(F)(F)F)n1. The van der Waals surface area contributed by atoms with Gasteiger partial charge in [0.05, 0.1) is 12.5 Å². The molecule has 0 radical (unpaired) electrons. The second kappa shape index (κ2) is 9.77. The van der Waals surface area contributed by atoms with Crippen LogP contribution in [0.2, 0.25) is 0 Å². The van der Waals surface area contributed by atoms with Gasteiger partial charge in [0.1, 0.15) is 5.69 Å². The Morgan fingerprint density at radius 1 is 1.44 bits per heavy atom. The zero-order valence-corrected chi connectivity index (χ0v) is 13.6. The van der Waals surface area contributed by atoms with Crippen LogP contribution >= 0.6 is 0 Å². The second-order valence-electron chi connectivity index (χ2n) is 5.30. The van der Waals surface area contributed by atoms with Gasteiger partial charge in [-0.25, -0.2) is 15.0 Å². The van der Waals surface area contributed by atoms with E-state index in [2.05, 4.69) is 20.8 Å². The van der Waals surface area contributed by atoms with Gasteiger partial charge in [0.2, 0.25) is 18.3 Å². The Hall–Kier alpha value is -2.43. The predicted octanol–water partition coefficient (Wildman–Crippen LogP) is 1.98. The van der Waals surface area contributed by atoms with Gasteiger partial charge in [0, 0.05) is 6.20 Å². The van der Waals surface area contributed by atoms with E-state index in [1.165, 1.54) is 0 Å². The zero-order chi connectivity index (χ0) is 18.9. The number of nitrogens with one attached hydrogen (secondary N) is 2. The van der Waals surface area contributed by atoms with E-state index in [0.717, 1.165) is 19.0 Å². The first-order valence-electron chi connectivity index (χ1n) is 7.64. The van der Waals surface area contributed by atoms with Crippen molar-refractivity contribution >= 4 is 18.3 Å². The van der Waals surface area contributed by atoms with Crippen molar-refractivity contribution < 1.29 is 28.0 Å². The number of carbonyl (C=O) groups excluding carboxylic acids is 2. The highest BCUT2D eigenvalue weighted by Crippen LogP contribution is 2.27. The van der Waals surface area contributed by atoms with E-state index in [1.54, 1.807) is 0 Å². The predicted molar refractivity (Wildman–Crippen MR) is 81.0 cm³/mol. The molecule has 0 aliphatic rings. The summed E-state index contributed by atoms with van der Waals surface area (Å²) in [6, 6.07) is 0.703. The molecule has 1 heterocycles. The molecule has 0 bridgehead atoms. The summed E-state index contributed by atoms with van der Waals surface area (Å²) in [6.45, 7) is 1.75. The number of hydrazine groups is 1. The van der Waals surface area contributed by atoms with Gasteiger partial charge < -0.3 is 0 Å². The van der Waals surface area contributed by atoms with Crippen molar-refractivity contribution in [2.45, 2.75) is 38.8 Å². The maximum atomic E-state index is 12.6. The van der Waals surface area contributed by atoms with E-state index in [1.807, 2.05) is 6.92 Å². The van der Waals surface area contributed by atoms with Gasteiger partial charge in [-0.05, 0) is 12.5 Å². The Morgan fingerprint density at radius 2 is 2.16 bits per heavy atom. The average molecular weight is 363 g/mol. The van der Waals surface area contributed by atoms with Crippen LogP contribution in [-0.2, 0) is 15.8 Å². The van der Waals surface area contributed by atoms with Crippen LogP contribution in [0.4, 0.5) is 19.1 Å². The zero-order valence-electron chi connectivity index (χ0n) is 13.6. The van der Waals surface area contributed by atoms with Crippen molar-refractivity contribution in [2.24, 2.45) is 5.92 Å². The van der Waals surface area contributed by atoms with Gasteiger partial charge in [0.25, 0.3) is 0 Å². The van der Waals surface area contributed by atoms with E-state index in [9.17, 15) is 28.0 Å². The minimum absolute atomic E-state index is 0.170. The number of unbranched alkanes of at least 4 members (excludes halogenated alkanes) is 2. The van der Waals surface area contributed by atoms with E-state index >= 15 is 0 Å². The molecule has 140 valence electrons. The maximum Gasteiger partial charge on any atom is 0.433 e. The van der Waals surface area contributed by atoms with Crippen molar-refractivity contribution in [2.75, 3.05) is 12.0 Å². The molecular formula is C14H20F3N5O3. The summed E-state index contributed by atoms with van der Waals surface area (Å²) in [6.07, 6.45) is -0.680. The van der Waals surface area contributed by atoms with Crippen LogP contribution in [0.15, 0.2) is 12.3 Å². The van der Waals surface area contributed by atoms with Gasteiger partial charge in [-0.15, -0.1) is 0 Å². The summed E-state index contributed by atoms with van der Waals surface area (Å²) in [5, 5.41) is 9.60. The molecule has 3 N–H and O–H groups in total. The lowest BCUT2D eigenvalue weighted by Crippen LogP contribution is -2.40. The highest BCUT2D eigenvalue weighted by atomic mass is 19.4. The minimum atomic E-state index is -4.63. The monoisotopic (exact) mass is 363 g/mol. The molecule has 0 aliphatic heterocycles. The van der Waals surface area contributed by atoms with Gasteiger partial charge in [-0.2, -0.15) is 13.2 Å². The van der Waals surface area contributed by atoms with E-state index in [4.69, 9.17) is 0 Å². The standard InChI is InChI=1S/C14H20F3N5O3/c1-2-3-4-5-10(8-22(25)9-23)12(24)20-21-13-18-7-6-11(19-13)14(15,16)17/h6-7,9-10,25H,2-5,8H2,1H3,(H,20,24)(H,18,19,21)/t10-/m0/s1. The van der Waals surface area contributed by atoms with Gasteiger partial charge in [-0.1, -0.05) is 26.2 Å². The Kier molecular flexibility index (Phi) is 8.05. The molecule has 0 saturated carbocycles. The van der Waals surface area contributed by atoms with Crippen LogP contribution in [0, 0.1) is 5.92 Å². The first kappa shape index (κ1) is 20.6. The third-order valence-electron chi connectivity index (χ3n) is 3.30. The lowest BCUT2D eigenvalue weighted by Gasteiger charge is -2.19. The Bertz CT molecular complexity index is 571. The number of anilines is 1. The lowest BCUT2D eigenvalue weighted by atomic mass is 10.0. The molecule has 0 aliphatic carbocycles. The molecule has 1 aromatic rings. The fourth-order valence-electron chi connectivity index (χ4n) is 2.01. The summed E-state index contributed by atoms with van der Waals surface area (Å²) in [5.74, 6) is -1.76. The molecule has 1 atom stereocenters. The second-order valence-corrected chi connectivity index (χ2v) is 5.30.